The molecule has 120 valence electrons. The Morgan fingerprint density at radius 3 is 2.45 bits per heavy atom. The molecule has 1 aromatic carbocycles. The normalized spacial score (nSPS) is 24.5. The van der Waals surface area contributed by atoms with Gasteiger partial charge in [-0.25, -0.2) is 0 Å². The van der Waals surface area contributed by atoms with Crippen LogP contribution in [0.5, 0.6) is 0 Å². The third-order valence-corrected chi connectivity index (χ3v) is 5.84. The van der Waals surface area contributed by atoms with E-state index < -0.39 is 0 Å². The van der Waals surface area contributed by atoms with Crippen molar-refractivity contribution in [3.63, 3.8) is 0 Å². The van der Waals surface area contributed by atoms with Gasteiger partial charge in [-0.15, -0.1) is 0 Å². The molecule has 1 heterocycles. The van der Waals surface area contributed by atoms with Gasteiger partial charge in [0, 0.05) is 23.0 Å². The van der Waals surface area contributed by atoms with Gasteiger partial charge in [0.25, 0.3) is 0 Å². The van der Waals surface area contributed by atoms with Crippen molar-refractivity contribution >= 4 is 10.9 Å². The molecule has 1 fully saturated rings. The molecule has 0 spiro atoms. The second-order valence-corrected chi connectivity index (χ2v) is 8.11. The summed E-state index contributed by atoms with van der Waals surface area (Å²) in [6, 6.07) is 8.60. The molecule has 0 saturated heterocycles. The minimum atomic E-state index is 0.448. The maximum atomic E-state index is 6.19. The summed E-state index contributed by atoms with van der Waals surface area (Å²) in [6.07, 6.45) is 7.55. The first kappa shape index (κ1) is 15.6. The molecule has 0 aliphatic heterocycles. The van der Waals surface area contributed by atoms with Crippen molar-refractivity contribution in [1.29, 1.82) is 0 Å². The molecule has 1 saturated carbocycles. The summed E-state index contributed by atoms with van der Waals surface area (Å²) < 4.78 is 0. The van der Waals surface area contributed by atoms with Gasteiger partial charge in [0.1, 0.15) is 0 Å². The molecule has 1 aliphatic rings. The first-order valence-corrected chi connectivity index (χ1v) is 8.76. The van der Waals surface area contributed by atoms with Crippen LogP contribution in [0, 0.1) is 17.3 Å². The molecule has 2 nitrogen and oxygen atoms in total. The number of rotatable bonds is 3. The highest BCUT2D eigenvalue weighted by molar-refractivity contribution is 5.83. The molecular formula is C20H30N2. The highest BCUT2D eigenvalue weighted by Crippen LogP contribution is 2.44. The van der Waals surface area contributed by atoms with Gasteiger partial charge in [0.15, 0.2) is 0 Å². The summed E-state index contributed by atoms with van der Waals surface area (Å²) in [4.78, 5) is 3.42. The van der Waals surface area contributed by atoms with E-state index in [0.717, 1.165) is 18.4 Å². The lowest BCUT2D eigenvalue weighted by atomic mass is 9.66. The van der Waals surface area contributed by atoms with Crippen molar-refractivity contribution in [1.82, 2.24) is 4.98 Å². The van der Waals surface area contributed by atoms with E-state index in [2.05, 4.69) is 56.2 Å². The molecule has 2 heteroatoms. The molecule has 1 aliphatic carbocycles. The quantitative estimate of drug-likeness (QED) is 0.817. The molecular weight excluding hydrogens is 268 g/mol. The Morgan fingerprint density at radius 2 is 1.82 bits per heavy atom. The zero-order valence-electron chi connectivity index (χ0n) is 14.2. The van der Waals surface area contributed by atoms with E-state index in [1.165, 1.54) is 42.1 Å². The van der Waals surface area contributed by atoms with E-state index in [-0.39, 0.29) is 0 Å². The minimum absolute atomic E-state index is 0.448. The monoisotopic (exact) mass is 298 g/mol. The lowest BCUT2D eigenvalue weighted by molar-refractivity contribution is 0.140. The van der Waals surface area contributed by atoms with Gasteiger partial charge in [-0.2, -0.15) is 0 Å². The van der Waals surface area contributed by atoms with Crippen molar-refractivity contribution in [3.05, 3.63) is 36.0 Å². The van der Waals surface area contributed by atoms with E-state index in [1.807, 2.05) is 0 Å². The first-order chi connectivity index (χ1) is 10.5. The van der Waals surface area contributed by atoms with Crippen molar-refractivity contribution < 1.29 is 0 Å². The van der Waals surface area contributed by atoms with Crippen molar-refractivity contribution in [3.8, 4) is 0 Å². The zero-order valence-corrected chi connectivity index (χ0v) is 14.2. The van der Waals surface area contributed by atoms with Gasteiger partial charge in [-0.3, -0.25) is 0 Å². The molecule has 0 amide bonds. The predicted octanol–water partition coefficient (Wildman–Crippen LogP) is 5.06. The van der Waals surface area contributed by atoms with Crippen molar-refractivity contribution in [2.45, 2.75) is 52.4 Å². The SMILES string of the molecule is CC(C)(C)C1CCC(C(CN)c2c[nH]c3ccccc23)CC1. The maximum Gasteiger partial charge on any atom is 0.0456 e. The Morgan fingerprint density at radius 1 is 1.14 bits per heavy atom. The van der Waals surface area contributed by atoms with E-state index in [1.54, 1.807) is 0 Å². The fourth-order valence-corrected chi connectivity index (χ4v) is 4.36. The lowest BCUT2D eigenvalue weighted by Gasteiger charge is -2.39. The molecule has 3 N–H and O–H groups in total. The van der Waals surface area contributed by atoms with Gasteiger partial charge in [0.05, 0.1) is 0 Å². The van der Waals surface area contributed by atoms with Crippen molar-refractivity contribution in [2.24, 2.45) is 23.0 Å². The Labute approximate surface area is 134 Å². The number of hydrogen-bond acceptors (Lipinski definition) is 1. The molecule has 22 heavy (non-hydrogen) atoms. The Hall–Kier alpha value is -1.28. The van der Waals surface area contributed by atoms with Crippen LogP contribution in [0.25, 0.3) is 10.9 Å². The number of fused-ring (bicyclic) bond motifs is 1. The molecule has 1 atom stereocenters. The standard InChI is InChI=1S/C20H30N2/c1-20(2,3)15-10-8-14(9-11-15)17(12-21)18-13-22-19-7-5-4-6-16(18)19/h4-7,13-15,17,22H,8-12,21H2,1-3H3. The number of para-hydroxylation sites is 1. The summed E-state index contributed by atoms with van der Waals surface area (Å²) in [5, 5.41) is 1.36. The van der Waals surface area contributed by atoms with Crippen LogP contribution in [-0.2, 0) is 0 Å². The number of benzene rings is 1. The maximum absolute atomic E-state index is 6.19. The van der Waals surface area contributed by atoms with Crippen LogP contribution in [0.1, 0.15) is 57.9 Å². The fraction of sp³-hybridized carbons (Fsp3) is 0.600. The van der Waals surface area contributed by atoms with Gasteiger partial charge in [-0.05, 0) is 61.1 Å². The van der Waals surface area contributed by atoms with Gasteiger partial charge in [0.2, 0.25) is 0 Å². The first-order valence-electron chi connectivity index (χ1n) is 8.76. The van der Waals surface area contributed by atoms with E-state index in [4.69, 9.17) is 5.73 Å². The molecule has 3 rings (SSSR count). The zero-order chi connectivity index (χ0) is 15.7. The highest BCUT2D eigenvalue weighted by atomic mass is 14.7. The highest BCUT2D eigenvalue weighted by Gasteiger charge is 2.33. The number of aromatic nitrogens is 1. The number of nitrogens with one attached hydrogen (secondary N) is 1. The van der Waals surface area contributed by atoms with Crippen LogP contribution in [0.15, 0.2) is 30.5 Å². The summed E-state index contributed by atoms with van der Waals surface area (Å²) in [5.41, 5.74) is 9.30. The minimum Gasteiger partial charge on any atom is -0.361 e. The predicted molar refractivity (Wildman–Crippen MR) is 95.0 cm³/mol. The summed E-state index contributed by atoms with van der Waals surface area (Å²) in [5.74, 6) is 2.10. The van der Waals surface area contributed by atoms with Crippen LogP contribution in [-0.4, -0.2) is 11.5 Å². The van der Waals surface area contributed by atoms with Crippen LogP contribution >= 0.6 is 0 Å². The molecule has 2 aromatic rings. The Bertz CT molecular complexity index is 612. The number of aromatic amines is 1. The molecule has 1 aromatic heterocycles. The van der Waals surface area contributed by atoms with Gasteiger partial charge < -0.3 is 10.7 Å². The molecule has 0 bridgehead atoms. The fourth-order valence-electron chi connectivity index (χ4n) is 4.36. The van der Waals surface area contributed by atoms with E-state index >= 15 is 0 Å². The number of nitrogens with two attached hydrogens (primary N) is 1. The second-order valence-electron chi connectivity index (χ2n) is 8.11. The Kier molecular flexibility index (Phi) is 4.31. The van der Waals surface area contributed by atoms with E-state index in [9.17, 15) is 0 Å². The topological polar surface area (TPSA) is 41.8 Å². The summed E-state index contributed by atoms with van der Waals surface area (Å²) in [6.45, 7) is 7.92. The molecule has 0 radical (unpaired) electrons. The average molecular weight is 298 g/mol. The van der Waals surface area contributed by atoms with Gasteiger partial charge in [-0.1, -0.05) is 39.0 Å². The van der Waals surface area contributed by atoms with Crippen LogP contribution in [0.3, 0.4) is 0 Å². The van der Waals surface area contributed by atoms with Crippen molar-refractivity contribution in [2.75, 3.05) is 6.54 Å². The lowest BCUT2D eigenvalue weighted by Crippen LogP contribution is -2.30. The third-order valence-electron chi connectivity index (χ3n) is 5.84. The largest absolute Gasteiger partial charge is 0.361 e. The second kappa shape index (κ2) is 6.08. The van der Waals surface area contributed by atoms with Crippen LogP contribution in [0.4, 0.5) is 0 Å². The molecule has 1 unspecified atom stereocenters. The Balaban J connectivity index is 1.78. The van der Waals surface area contributed by atoms with Gasteiger partial charge >= 0.3 is 0 Å². The number of H-pyrrole nitrogens is 1. The number of hydrogen-bond donors (Lipinski definition) is 2. The third kappa shape index (κ3) is 2.94. The van der Waals surface area contributed by atoms with Crippen LogP contribution < -0.4 is 5.73 Å². The smallest absolute Gasteiger partial charge is 0.0456 e. The summed E-state index contributed by atoms with van der Waals surface area (Å²) in [7, 11) is 0. The summed E-state index contributed by atoms with van der Waals surface area (Å²) >= 11 is 0. The van der Waals surface area contributed by atoms with Crippen LogP contribution in [0.2, 0.25) is 0 Å². The van der Waals surface area contributed by atoms with E-state index in [0.29, 0.717) is 11.3 Å². The average Bonchev–Trinajstić information content (AvgIpc) is 2.92.